The standard InChI is InChI=1S/C5H11NO3S.U/c1-5(7)6-3-4-10(2,8)9;/h3-4H2,1-2H3,(H,6,7);/p-1. The third-order valence-corrected chi connectivity index (χ3v) is 1.72. The van der Waals surface area contributed by atoms with Crippen molar-refractivity contribution in [2.45, 2.75) is 6.92 Å². The van der Waals surface area contributed by atoms with E-state index in [1.54, 1.807) is 0 Å². The summed E-state index contributed by atoms with van der Waals surface area (Å²) in [5, 5.41) is 3.39. The largest absolute Gasteiger partial charge is 0.653 e. The molecular weight excluding hydrogens is 392 g/mol. The molecule has 1 amide bonds. The van der Waals surface area contributed by atoms with Gasteiger partial charge in [-0.1, -0.05) is 0 Å². The van der Waals surface area contributed by atoms with Crippen LogP contribution in [0.5, 0.6) is 0 Å². The van der Waals surface area contributed by atoms with E-state index in [0.717, 1.165) is 6.26 Å². The predicted octanol–water partition coefficient (Wildman–Crippen LogP) is -0.0488. The van der Waals surface area contributed by atoms with Crippen molar-refractivity contribution in [3.05, 3.63) is 5.32 Å². The van der Waals surface area contributed by atoms with Crippen LogP contribution in [0.2, 0.25) is 0 Å². The average molecular weight is 402 g/mol. The van der Waals surface area contributed by atoms with Crippen molar-refractivity contribution in [2.24, 2.45) is 0 Å². The molecule has 11 heavy (non-hydrogen) atoms. The molecule has 0 radical (unpaired) electrons. The van der Waals surface area contributed by atoms with Crippen molar-refractivity contribution in [3.8, 4) is 0 Å². The zero-order valence-corrected chi connectivity index (χ0v) is 11.5. The second-order valence-electron chi connectivity index (χ2n) is 2.03. The summed E-state index contributed by atoms with van der Waals surface area (Å²) in [6.45, 7) is 1.37. The van der Waals surface area contributed by atoms with E-state index in [4.69, 9.17) is 0 Å². The van der Waals surface area contributed by atoms with Crippen LogP contribution in [0.15, 0.2) is 0 Å². The molecule has 0 saturated carbocycles. The number of hydrogen-bond acceptors (Lipinski definition) is 3. The number of nitrogens with zero attached hydrogens (tertiary/aromatic N) is 1. The van der Waals surface area contributed by atoms with Crippen molar-refractivity contribution in [3.63, 3.8) is 0 Å². The maximum atomic E-state index is 10.4. The van der Waals surface area contributed by atoms with Crippen LogP contribution in [0.3, 0.4) is 0 Å². The number of amides is 1. The summed E-state index contributed by atoms with van der Waals surface area (Å²) in [7, 11) is -2.97. The molecule has 0 aliphatic carbocycles. The van der Waals surface area contributed by atoms with Gasteiger partial charge in [-0.2, -0.15) is 0 Å². The Morgan fingerprint density at radius 3 is 2.18 bits per heavy atom. The van der Waals surface area contributed by atoms with E-state index in [9.17, 15) is 13.2 Å². The van der Waals surface area contributed by atoms with Gasteiger partial charge in [0, 0.05) is 49.0 Å². The number of carbonyl (C=O) groups is 1. The Bertz CT molecular complexity index is 212. The third-order valence-electron chi connectivity index (χ3n) is 0.797. The maximum absolute atomic E-state index is 10.4. The second-order valence-corrected chi connectivity index (χ2v) is 4.29. The maximum Gasteiger partial charge on any atom is 0.145 e. The van der Waals surface area contributed by atoms with E-state index in [1.807, 2.05) is 0 Å². The normalized spacial score (nSPS) is 10.0. The molecule has 0 N–H and O–H groups in total. The van der Waals surface area contributed by atoms with Gasteiger partial charge in [-0.25, -0.2) is 8.42 Å². The van der Waals surface area contributed by atoms with Gasteiger partial charge >= 0.3 is 0 Å². The number of rotatable bonds is 3. The molecule has 0 aliphatic rings. The Morgan fingerprint density at radius 1 is 1.45 bits per heavy atom. The Kier molecular flexibility index (Phi) is 7.70. The van der Waals surface area contributed by atoms with Crippen LogP contribution in [0.1, 0.15) is 6.92 Å². The van der Waals surface area contributed by atoms with E-state index in [1.165, 1.54) is 6.92 Å². The molecule has 0 unspecified atom stereocenters. The first-order chi connectivity index (χ1) is 4.42. The van der Waals surface area contributed by atoms with E-state index in [2.05, 4.69) is 5.32 Å². The first-order valence-corrected chi connectivity index (χ1v) is 4.83. The summed E-state index contributed by atoms with van der Waals surface area (Å²) in [4.78, 5) is 10.2. The van der Waals surface area contributed by atoms with E-state index in [-0.39, 0.29) is 49.3 Å². The minimum absolute atomic E-state index is 0. The summed E-state index contributed by atoms with van der Waals surface area (Å²) in [5.41, 5.74) is 0. The first-order valence-electron chi connectivity index (χ1n) is 2.77. The molecule has 0 aromatic rings. The Morgan fingerprint density at radius 2 is 1.91 bits per heavy atom. The molecule has 0 aliphatic heterocycles. The van der Waals surface area contributed by atoms with Crippen LogP contribution in [0.25, 0.3) is 5.32 Å². The van der Waals surface area contributed by atoms with Crippen LogP contribution in [0, 0.1) is 31.1 Å². The van der Waals surface area contributed by atoms with Crippen LogP contribution >= 0.6 is 0 Å². The van der Waals surface area contributed by atoms with Crippen molar-refractivity contribution < 1.29 is 44.3 Å². The average Bonchev–Trinajstić information content (AvgIpc) is 1.59. The Balaban J connectivity index is 0. The smallest absolute Gasteiger partial charge is 0.145 e. The predicted molar refractivity (Wildman–Crippen MR) is 38.6 cm³/mol. The fourth-order valence-electron chi connectivity index (χ4n) is 0.369. The van der Waals surface area contributed by atoms with Crippen LogP contribution in [0.4, 0.5) is 0 Å². The second kappa shape index (κ2) is 6.04. The van der Waals surface area contributed by atoms with Gasteiger partial charge in [0.05, 0.1) is 0 Å². The molecule has 0 bridgehead atoms. The minimum Gasteiger partial charge on any atom is -0.653 e. The van der Waals surface area contributed by atoms with Crippen LogP contribution in [-0.4, -0.2) is 32.9 Å². The number of hydrogen-bond donors (Lipinski definition) is 0. The molecule has 0 aromatic carbocycles. The van der Waals surface area contributed by atoms with Crippen molar-refractivity contribution in [1.29, 1.82) is 0 Å². The van der Waals surface area contributed by atoms with Crippen molar-refractivity contribution in [2.75, 3.05) is 18.6 Å². The number of carbonyl (C=O) groups excluding carboxylic acids is 1. The summed E-state index contributed by atoms with van der Waals surface area (Å²) < 4.78 is 20.9. The molecule has 0 aromatic heterocycles. The molecule has 0 fully saturated rings. The van der Waals surface area contributed by atoms with Crippen molar-refractivity contribution >= 4 is 15.7 Å². The molecular formula is C5H10NO3SU-. The Labute approximate surface area is 90.4 Å². The van der Waals surface area contributed by atoms with Gasteiger partial charge in [0.1, 0.15) is 9.84 Å². The van der Waals surface area contributed by atoms with Gasteiger partial charge in [-0.05, 0) is 6.92 Å². The summed E-state index contributed by atoms with van der Waals surface area (Å²) in [5.74, 6) is -0.379. The van der Waals surface area contributed by atoms with Gasteiger partial charge in [0.25, 0.3) is 0 Å². The van der Waals surface area contributed by atoms with E-state index < -0.39 is 9.84 Å². The molecule has 0 rings (SSSR count). The van der Waals surface area contributed by atoms with Gasteiger partial charge in [0.2, 0.25) is 0 Å². The first kappa shape index (κ1) is 14.0. The number of sulfone groups is 1. The molecule has 0 saturated heterocycles. The topological polar surface area (TPSA) is 65.3 Å². The summed E-state index contributed by atoms with van der Waals surface area (Å²) in [6.07, 6.45) is 1.11. The zero-order chi connectivity index (χ0) is 8.20. The van der Waals surface area contributed by atoms with Crippen LogP contribution < -0.4 is 0 Å². The quantitative estimate of drug-likeness (QED) is 0.665. The van der Waals surface area contributed by atoms with Gasteiger partial charge < -0.3 is 10.1 Å². The molecule has 64 valence electrons. The van der Waals surface area contributed by atoms with Crippen molar-refractivity contribution in [1.82, 2.24) is 0 Å². The molecule has 4 nitrogen and oxygen atoms in total. The van der Waals surface area contributed by atoms with Crippen LogP contribution in [-0.2, 0) is 14.6 Å². The molecule has 0 spiro atoms. The summed E-state index contributed by atoms with van der Waals surface area (Å²) >= 11 is 0. The fourth-order valence-corrected chi connectivity index (χ4v) is 0.792. The molecule has 6 heteroatoms. The summed E-state index contributed by atoms with van der Waals surface area (Å²) in [6, 6.07) is 0. The van der Waals surface area contributed by atoms with Gasteiger partial charge in [-0.3, -0.25) is 0 Å². The SMILES string of the molecule is CC(=O)[N-]CCS(C)(=O)=O.[U]. The van der Waals surface area contributed by atoms with E-state index in [0.29, 0.717) is 0 Å². The van der Waals surface area contributed by atoms with E-state index >= 15 is 0 Å². The zero-order valence-electron chi connectivity index (χ0n) is 6.49. The third kappa shape index (κ3) is 13.5. The van der Waals surface area contributed by atoms with Gasteiger partial charge in [-0.15, -0.1) is 6.54 Å². The minimum atomic E-state index is -2.97. The molecule has 0 atom stereocenters. The monoisotopic (exact) mass is 402 g/mol. The fraction of sp³-hybridized carbons (Fsp3) is 0.800. The molecule has 0 heterocycles. The Hall–Kier alpha value is 0.472. The van der Waals surface area contributed by atoms with Gasteiger partial charge in [0.15, 0.2) is 0 Å².